The zero-order chi connectivity index (χ0) is 18.8. The van der Waals surface area contributed by atoms with E-state index in [1.165, 1.54) is 21.8 Å². The van der Waals surface area contributed by atoms with Gasteiger partial charge in [-0.05, 0) is 46.3 Å². The van der Waals surface area contributed by atoms with Gasteiger partial charge < -0.3 is 4.90 Å². The second-order valence-corrected chi connectivity index (χ2v) is 6.94. The van der Waals surface area contributed by atoms with Crippen LogP contribution in [0.4, 0.5) is 5.69 Å². The van der Waals surface area contributed by atoms with Gasteiger partial charge in [0.25, 0.3) is 5.91 Å². The van der Waals surface area contributed by atoms with E-state index in [4.69, 9.17) is 23.2 Å². The highest BCUT2D eigenvalue weighted by atomic mass is 79.9. The Labute approximate surface area is 167 Å². The van der Waals surface area contributed by atoms with Gasteiger partial charge in [-0.2, -0.15) is 5.10 Å². The maximum atomic E-state index is 13.0. The SMILES string of the molecule is CN(C(=O)c1ccnn1-c1ncccc1Cl)c1c(Br)cc(Cl)cc1C=O. The molecule has 9 heteroatoms. The molecule has 1 amide bonds. The number of hydrogen-bond acceptors (Lipinski definition) is 4. The summed E-state index contributed by atoms with van der Waals surface area (Å²) in [5.74, 6) is -0.0583. The molecule has 132 valence electrons. The largest absolute Gasteiger partial charge is 0.308 e. The lowest BCUT2D eigenvalue weighted by atomic mass is 10.1. The van der Waals surface area contributed by atoms with Gasteiger partial charge in [-0.25, -0.2) is 9.67 Å². The fourth-order valence-corrected chi connectivity index (χ4v) is 3.77. The van der Waals surface area contributed by atoms with Gasteiger partial charge in [0.2, 0.25) is 0 Å². The summed E-state index contributed by atoms with van der Waals surface area (Å²) in [5.41, 5.74) is 0.920. The van der Waals surface area contributed by atoms with Gasteiger partial charge in [-0.3, -0.25) is 9.59 Å². The number of rotatable bonds is 4. The van der Waals surface area contributed by atoms with E-state index >= 15 is 0 Å². The van der Waals surface area contributed by atoms with Crippen LogP contribution in [0.25, 0.3) is 5.82 Å². The molecule has 0 saturated carbocycles. The predicted octanol–water partition coefficient (Wildman–Crippen LogP) is 4.43. The first-order chi connectivity index (χ1) is 12.4. The molecule has 3 aromatic rings. The molecule has 26 heavy (non-hydrogen) atoms. The molecule has 0 aliphatic heterocycles. The fraction of sp³-hybridized carbons (Fsp3) is 0.0588. The predicted molar refractivity (Wildman–Crippen MR) is 104 cm³/mol. The van der Waals surface area contributed by atoms with Gasteiger partial charge in [-0.1, -0.05) is 23.2 Å². The van der Waals surface area contributed by atoms with E-state index in [0.29, 0.717) is 32.3 Å². The van der Waals surface area contributed by atoms with Crippen molar-refractivity contribution in [2.24, 2.45) is 0 Å². The summed E-state index contributed by atoms with van der Waals surface area (Å²) in [6, 6.07) is 7.99. The number of benzene rings is 1. The molecule has 2 aromatic heterocycles. The third-order valence-electron chi connectivity index (χ3n) is 3.63. The van der Waals surface area contributed by atoms with E-state index < -0.39 is 5.91 Å². The molecular formula is C17H11BrCl2N4O2. The number of aldehydes is 1. The van der Waals surface area contributed by atoms with Crippen LogP contribution >= 0.6 is 39.1 Å². The highest BCUT2D eigenvalue weighted by Gasteiger charge is 2.24. The Hall–Kier alpha value is -2.22. The van der Waals surface area contributed by atoms with Crippen LogP contribution in [0.1, 0.15) is 20.8 Å². The third kappa shape index (κ3) is 3.38. The summed E-state index contributed by atoms with van der Waals surface area (Å²) < 4.78 is 1.87. The molecule has 0 atom stereocenters. The number of nitrogens with zero attached hydrogens (tertiary/aromatic N) is 4. The third-order valence-corrected chi connectivity index (χ3v) is 4.74. The number of hydrogen-bond donors (Lipinski definition) is 0. The molecule has 2 heterocycles. The second-order valence-electron chi connectivity index (χ2n) is 5.24. The molecule has 0 radical (unpaired) electrons. The van der Waals surface area contributed by atoms with Crippen LogP contribution in [0.15, 0.2) is 47.2 Å². The van der Waals surface area contributed by atoms with Crippen molar-refractivity contribution < 1.29 is 9.59 Å². The number of anilines is 1. The first-order valence-electron chi connectivity index (χ1n) is 7.31. The number of aromatic nitrogens is 3. The second kappa shape index (κ2) is 7.57. The van der Waals surface area contributed by atoms with Gasteiger partial charge in [0, 0.05) is 28.3 Å². The number of carbonyl (C=O) groups is 2. The van der Waals surface area contributed by atoms with Crippen LogP contribution in [-0.2, 0) is 0 Å². The first-order valence-corrected chi connectivity index (χ1v) is 8.86. The number of amides is 1. The average molecular weight is 454 g/mol. The van der Waals surface area contributed by atoms with Gasteiger partial charge in [0.1, 0.15) is 5.69 Å². The fourth-order valence-electron chi connectivity index (χ4n) is 2.47. The topological polar surface area (TPSA) is 68.1 Å². The minimum atomic E-state index is -0.393. The zero-order valence-corrected chi connectivity index (χ0v) is 16.5. The van der Waals surface area contributed by atoms with Crippen molar-refractivity contribution in [2.75, 3.05) is 11.9 Å². The maximum absolute atomic E-state index is 13.0. The average Bonchev–Trinajstić information content (AvgIpc) is 3.09. The van der Waals surface area contributed by atoms with Crippen molar-refractivity contribution >= 4 is 57.0 Å². The Morgan fingerprint density at radius 2 is 2.04 bits per heavy atom. The Bertz CT molecular complexity index is 1010. The normalized spacial score (nSPS) is 10.6. The van der Waals surface area contributed by atoms with E-state index in [1.807, 2.05) is 0 Å². The maximum Gasteiger partial charge on any atom is 0.276 e. The Kier molecular flexibility index (Phi) is 5.41. The molecule has 1 aromatic carbocycles. The summed E-state index contributed by atoms with van der Waals surface area (Å²) in [4.78, 5) is 30.0. The van der Waals surface area contributed by atoms with Crippen molar-refractivity contribution in [3.05, 3.63) is 68.5 Å². The summed E-state index contributed by atoms with van der Waals surface area (Å²) in [7, 11) is 1.56. The van der Waals surface area contributed by atoms with Crippen LogP contribution in [-0.4, -0.2) is 34.0 Å². The molecule has 0 unspecified atom stereocenters. The molecule has 0 aliphatic rings. The minimum Gasteiger partial charge on any atom is -0.308 e. The smallest absolute Gasteiger partial charge is 0.276 e. The number of halogens is 3. The summed E-state index contributed by atoms with van der Waals surface area (Å²) in [5, 5.41) is 4.88. The van der Waals surface area contributed by atoms with E-state index in [0.717, 1.165) is 0 Å². The van der Waals surface area contributed by atoms with Gasteiger partial charge in [0.15, 0.2) is 12.1 Å². The van der Waals surface area contributed by atoms with Gasteiger partial charge >= 0.3 is 0 Å². The zero-order valence-electron chi connectivity index (χ0n) is 13.4. The molecule has 0 spiro atoms. The van der Waals surface area contributed by atoms with Gasteiger partial charge in [-0.15, -0.1) is 0 Å². The van der Waals surface area contributed by atoms with Crippen molar-refractivity contribution in [1.82, 2.24) is 14.8 Å². The van der Waals surface area contributed by atoms with Crippen LogP contribution in [0.3, 0.4) is 0 Å². The summed E-state index contributed by atoms with van der Waals surface area (Å²) >= 11 is 15.5. The molecule has 3 rings (SSSR count). The van der Waals surface area contributed by atoms with Crippen LogP contribution in [0, 0.1) is 0 Å². The quantitative estimate of drug-likeness (QED) is 0.548. The lowest BCUT2D eigenvalue weighted by Gasteiger charge is -2.21. The molecule has 0 fully saturated rings. The Balaban J connectivity index is 2.06. The van der Waals surface area contributed by atoms with E-state index in [2.05, 4.69) is 26.0 Å². The van der Waals surface area contributed by atoms with Crippen molar-refractivity contribution in [3.63, 3.8) is 0 Å². The molecule has 0 saturated heterocycles. The highest BCUT2D eigenvalue weighted by Crippen LogP contribution is 2.33. The summed E-state index contributed by atoms with van der Waals surface area (Å²) in [6.45, 7) is 0. The van der Waals surface area contributed by atoms with Crippen molar-refractivity contribution in [3.8, 4) is 5.82 Å². The highest BCUT2D eigenvalue weighted by molar-refractivity contribution is 9.10. The number of pyridine rings is 1. The van der Waals surface area contributed by atoms with Crippen LogP contribution in [0.5, 0.6) is 0 Å². The molecule has 0 aliphatic carbocycles. The van der Waals surface area contributed by atoms with Crippen molar-refractivity contribution in [2.45, 2.75) is 0 Å². The standard InChI is InChI=1S/C17H11BrCl2N4O2/c1-23(15-10(9-25)7-11(19)8-12(15)18)17(26)14-4-6-22-24(14)16-13(20)3-2-5-21-16/h2-9H,1H3. The van der Waals surface area contributed by atoms with Crippen molar-refractivity contribution in [1.29, 1.82) is 0 Å². The Morgan fingerprint density at radius 3 is 2.73 bits per heavy atom. The lowest BCUT2D eigenvalue weighted by molar-refractivity contribution is 0.0985. The minimum absolute atomic E-state index is 0.242. The van der Waals surface area contributed by atoms with E-state index in [-0.39, 0.29) is 11.3 Å². The van der Waals surface area contributed by atoms with E-state index in [1.54, 1.807) is 37.5 Å². The Morgan fingerprint density at radius 1 is 1.27 bits per heavy atom. The first kappa shape index (κ1) is 18.6. The molecule has 0 N–H and O–H groups in total. The number of carbonyl (C=O) groups excluding carboxylic acids is 2. The van der Waals surface area contributed by atoms with Crippen LogP contribution in [0.2, 0.25) is 10.0 Å². The van der Waals surface area contributed by atoms with Gasteiger partial charge in [0.05, 0.1) is 16.9 Å². The lowest BCUT2D eigenvalue weighted by Crippen LogP contribution is -2.30. The summed E-state index contributed by atoms with van der Waals surface area (Å²) in [6.07, 6.45) is 3.67. The molecule has 6 nitrogen and oxygen atoms in total. The monoisotopic (exact) mass is 452 g/mol. The molecule has 0 bridgehead atoms. The van der Waals surface area contributed by atoms with Crippen LogP contribution < -0.4 is 4.90 Å². The van der Waals surface area contributed by atoms with E-state index in [9.17, 15) is 9.59 Å². The molecular weight excluding hydrogens is 443 g/mol.